The summed E-state index contributed by atoms with van der Waals surface area (Å²) in [6.45, 7) is 0. The molecule has 13 heavy (non-hydrogen) atoms. The maximum absolute atomic E-state index is 11.1. The molecule has 1 heterocycles. The fourth-order valence-corrected chi connectivity index (χ4v) is 1.28. The van der Waals surface area contributed by atoms with Crippen LogP contribution in [0.5, 0.6) is 0 Å². The SMILES string of the molecule is O=C(CCCl)Nc1ncccc1Br. The van der Waals surface area contributed by atoms with E-state index in [2.05, 4.69) is 26.2 Å². The average molecular weight is 264 g/mol. The predicted octanol–water partition coefficient (Wildman–Crippen LogP) is 2.41. The van der Waals surface area contributed by atoms with Gasteiger partial charge in [-0.25, -0.2) is 4.98 Å². The van der Waals surface area contributed by atoms with E-state index in [1.165, 1.54) is 0 Å². The van der Waals surface area contributed by atoms with Crippen LogP contribution >= 0.6 is 27.5 Å². The number of aromatic nitrogens is 1. The Balaban J connectivity index is 2.63. The van der Waals surface area contributed by atoms with Crippen molar-refractivity contribution in [3.05, 3.63) is 22.8 Å². The van der Waals surface area contributed by atoms with Crippen molar-refractivity contribution in [2.75, 3.05) is 11.2 Å². The van der Waals surface area contributed by atoms with Crippen LogP contribution in [0, 0.1) is 0 Å². The van der Waals surface area contributed by atoms with Gasteiger partial charge in [0.25, 0.3) is 0 Å². The van der Waals surface area contributed by atoms with Crippen molar-refractivity contribution in [3.63, 3.8) is 0 Å². The standard InChI is InChI=1S/C8H8BrClN2O/c9-6-2-1-5-11-8(6)12-7(13)3-4-10/h1-2,5H,3-4H2,(H,11,12,13). The van der Waals surface area contributed by atoms with Crippen LogP contribution in [0.2, 0.25) is 0 Å². The van der Waals surface area contributed by atoms with Crippen molar-refractivity contribution in [1.29, 1.82) is 0 Å². The molecule has 0 saturated carbocycles. The first-order valence-corrected chi connectivity index (χ1v) is 5.03. The molecule has 70 valence electrons. The quantitative estimate of drug-likeness (QED) is 0.851. The number of carbonyl (C=O) groups excluding carboxylic acids is 1. The molecule has 1 aromatic rings. The summed E-state index contributed by atoms with van der Waals surface area (Å²) in [7, 11) is 0. The molecule has 1 amide bonds. The van der Waals surface area contributed by atoms with E-state index in [1.54, 1.807) is 12.3 Å². The van der Waals surface area contributed by atoms with E-state index in [-0.39, 0.29) is 5.91 Å². The van der Waals surface area contributed by atoms with Crippen LogP contribution in [0.3, 0.4) is 0 Å². The highest BCUT2D eigenvalue weighted by molar-refractivity contribution is 9.10. The van der Waals surface area contributed by atoms with Crippen LogP contribution in [0.4, 0.5) is 5.82 Å². The lowest BCUT2D eigenvalue weighted by Crippen LogP contribution is -2.13. The number of alkyl halides is 1. The highest BCUT2D eigenvalue weighted by Gasteiger charge is 2.04. The Morgan fingerprint density at radius 2 is 2.46 bits per heavy atom. The maximum atomic E-state index is 11.1. The van der Waals surface area contributed by atoms with Crippen LogP contribution < -0.4 is 5.32 Å². The topological polar surface area (TPSA) is 42.0 Å². The minimum atomic E-state index is -0.130. The van der Waals surface area contributed by atoms with Gasteiger partial charge < -0.3 is 5.32 Å². The Bertz CT molecular complexity index is 306. The van der Waals surface area contributed by atoms with Gasteiger partial charge in [0.15, 0.2) is 0 Å². The van der Waals surface area contributed by atoms with Crippen molar-refractivity contribution < 1.29 is 4.79 Å². The Morgan fingerprint density at radius 3 is 3.08 bits per heavy atom. The van der Waals surface area contributed by atoms with Gasteiger partial charge >= 0.3 is 0 Å². The molecule has 0 spiro atoms. The number of rotatable bonds is 3. The minimum Gasteiger partial charge on any atom is -0.310 e. The highest BCUT2D eigenvalue weighted by Crippen LogP contribution is 2.18. The number of anilines is 1. The van der Waals surface area contributed by atoms with Crippen LogP contribution in [-0.2, 0) is 4.79 Å². The number of carbonyl (C=O) groups is 1. The summed E-state index contributed by atoms with van der Waals surface area (Å²) < 4.78 is 0.762. The number of amides is 1. The molecule has 1 rings (SSSR count). The molecule has 0 aromatic carbocycles. The van der Waals surface area contributed by atoms with E-state index in [4.69, 9.17) is 11.6 Å². The van der Waals surface area contributed by atoms with Gasteiger partial charge in [0.2, 0.25) is 5.91 Å². The van der Waals surface area contributed by atoms with Crippen molar-refractivity contribution in [3.8, 4) is 0 Å². The van der Waals surface area contributed by atoms with Crippen molar-refractivity contribution in [2.24, 2.45) is 0 Å². The lowest BCUT2D eigenvalue weighted by atomic mass is 10.4. The molecule has 0 fully saturated rings. The summed E-state index contributed by atoms with van der Waals surface area (Å²) in [5.41, 5.74) is 0. The first-order valence-electron chi connectivity index (χ1n) is 3.70. The molecule has 5 heteroatoms. The molecule has 0 radical (unpaired) electrons. The highest BCUT2D eigenvalue weighted by atomic mass is 79.9. The summed E-state index contributed by atoms with van der Waals surface area (Å²) in [4.78, 5) is 15.1. The van der Waals surface area contributed by atoms with Crippen LogP contribution in [0.1, 0.15) is 6.42 Å². The summed E-state index contributed by atoms with van der Waals surface area (Å²) >= 11 is 8.68. The fourth-order valence-electron chi connectivity index (χ4n) is 0.758. The number of halogens is 2. The number of pyridine rings is 1. The number of hydrogen-bond acceptors (Lipinski definition) is 2. The van der Waals surface area contributed by atoms with E-state index in [0.717, 1.165) is 4.47 Å². The van der Waals surface area contributed by atoms with E-state index in [1.807, 2.05) is 6.07 Å². The van der Waals surface area contributed by atoms with E-state index >= 15 is 0 Å². The van der Waals surface area contributed by atoms with Gasteiger partial charge in [-0.15, -0.1) is 11.6 Å². The fraction of sp³-hybridized carbons (Fsp3) is 0.250. The van der Waals surface area contributed by atoms with Crippen LogP contribution in [0.25, 0.3) is 0 Å². The average Bonchev–Trinajstić information content (AvgIpc) is 2.09. The number of nitrogens with zero attached hydrogens (tertiary/aromatic N) is 1. The van der Waals surface area contributed by atoms with E-state index < -0.39 is 0 Å². The van der Waals surface area contributed by atoms with Crippen molar-refractivity contribution in [2.45, 2.75) is 6.42 Å². The Morgan fingerprint density at radius 1 is 1.69 bits per heavy atom. The molecule has 1 N–H and O–H groups in total. The molecular formula is C8H8BrClN2O. The summed E-state index contributed by atoms with van der Waals surface area (Å²) in [6, 6.07) is 3.59. The van der Waals surface area contributed by atoms with Gasteiger partial charge in [-0.2, -0.15) is 0 Å². The molecule has 0 bridgehead atoms. The van der Waals surface area contributed by atoms with Crippen molar-refractivity contribution >= 4 is 39.3 Å². The van der Waals surface area contributed by atoms with Gasteiger partial charge in [-0.3, -0.25) is 4.79 Å². The first-order chi connectivity index (χ1) is 6.24. The third-order valence-corrected chi connectivity index (χ3v) is 2.17. The summed E-state index contributed by atoms with van der Waals surface area (Å²) in [6.07, 6.45) is 1.91. The van der Waals surface area contributed by atoms with Crippen LogP contribution in [-0.4, -0.2) is 16.8 Å². The zero-order valence-electron chi connectivity index (χ0n) is 6.76. The smallest absolute Gasteiger partial charge is 0.226 e. The maximum Gasteiger partial charge on any atom is 0.226 e. The lowest BCUT2D eigenvalue weighted by molar-refractivity contribution is -0.115. The Labute approximate surface area is 89.6 Å². The molecule has 1 aromatic heterocycles. The summed E-state index contributed by atoms with van der Waals surface area (Å²) in [5, 5.41) is 2.63. The third kappa shape index (κ3) is 3.32. The zero-order valence-corrected chi connectivity index (χ0v) is 9.10. The normalized spacial score (nSPS) is 9.69. The molecule has 0 aliphatic carbocycles. The minimum absolute atomic E-state index is 0.130. The van der Waals surface area contributed by atoms with Gasteiger partial charge in [0.1, 0.15) is 5.82 Å². The largest absolute Gasteiger partial charge is 0.310 e. The molecule has 0 atom stereocenters. The van der Waals surface area contributed by atoms with Crippen molar-refractivity contribution in [1.82, 2.24) is 4.98 Å². The van der Waals surface area contributed by atoms with E-state index in [9.17, 15) is 4.79 Å². The molecule has 0 saturated heterocycles. The van der Waals surface area contributed by atoms with Crippen LogP contribution in [0.15, 0.2) is 22.8 Å². The van der Waals surface area contributed by atoms with Gasteiger partial charge in [0.05, 0.1) is 4.47 Å². The zero-order chi connectivity index (χ0) is 9.68. The second-order valence-corrected chi connectivity index (χ2v) is 3.55. The Kier molecular flexibility index (Phi) is 4.18. The number of hydrogen-bond donors (Lipinski definition) is 1. The lowest BCUT2D eigenvalue weighted by Gasteiger charge is -2.03. The summed E-state index contributed by atoms with van der Waals surface area (Å²) in [5.74, 6) is 0.711. The van der Waals surface area contributed by atoms with Gasteiger partial charge in [0, 0.05) is 18.5 Å². The van der Waals surface area contributed by atoms with E-state index in [0.29, 0.717) is 18.1 Å². The number of nitrogens with one attached hydrogen (secondary N) is 1. The Hall–Kier alpha value is -0.610. The monoisotopic (exact) mass is 262 g/mol. The van der Waals surface area contributed by atoms with Gasteiger partial charge in [-0.05, 0) is 28.1 Å². The molecule has 0 aliphatic rings. The second kappa shape index (κ2) is 5.19. The molecule has 3 nitrogen and oxygen atoms in total. The molecular weight excluding hydrogens is 255 g/mol. The first kappa shape index (κ1) is 10.5. The predicted molar refractivity (Wildman–Crippen MR) is 55.9 cm³/mol. The third-order valence-electron chi connectivity index (χ3n) is 1.34. The van der Waals surface area contributed by atoms with Gasteiger partial charge in [-0.1, -0.05) is 0 Å². The molecule has 0 aliphatic heterocycles. The second-order valence-electron chi connectivity index (χ2n) is 2.32. The molecule has 0 unspecified atom stereocenters.